The maximum atomic E-state index is 13.0. The van der Waals surface area contributed by atoms with Gasteiger partial charge in [0.1, 0.15) is 10.7 Å². The van der Waals surface area contributed by atoms with Gasteiger partial charge >= 0.3 is 5.97 Å². The first kappa shape index (κ1) is 25.9. The fourth-order valence-electron chi connectivity index (χ4n) is 3.55. The first-order chi connectivity index (χ1) is 17.8. The summed E-state index contributed by atoms with van der Waals surface area (Å²) < 4.78 is 5.13. The summed E-state index contributed by atoms with van der Waals surface area (Å²) in [4.78, 5) is 51.6. The molecular weight excluding hydrogens is 517 g/mol. The van der Waals surface area contributed by atoms with Crippen molar-refractivity contribution in [2.75, 3.05) is 22.1 Å². The van der Waals surface area contributed by atoms with Gasteiger partial charge in [0.15, 0.2) is 0 Å². The molecule has 37 heavy (non-hydrogen) atoms. The van der Waals surface area contributed by atoms with Crippen LogP contribution in [0.2, 0.25) is 5.02 Å². The van der Waals surface area contributed by atoms with Crippen LogP contribution in [0.15, 0.2) is 83.5 Å². The molecule has 0 atom stereocenters. The van der Waals surface area contributed by atoms with Crippen molar-refractivity contribution in [3.8, 4) is 0 Å². The highest BCUT2D eigenvalue weighted by Gasteiger charge is 2.39. The number of halogens is 2. The van der Waals surface area contributed by atoms with E-state index >= 15 is 0 Å². The van der Waals surface area contributed by atoms with E-state index in [-0.39, 0.29) is 27.0 Å². The highest BCUT2D eigenvalue weighted by atomic mass is 35.5. The quantitative estimate of drug-likeness (QED) is 0.286. The van der Waals surface area contributed by atoms with Gasteiger partial charge in [-0.3, -0.25) is 14.4 Å². The summed E-state index contributed by atoms with van der Waals surface area (Å²) in [5.74, 6) is -2.32. The molecule has 0 saturated heterocycles. The minimum absolute atomic E-state index is 0.137. The first-order valence-corrected chi connectivity index (χ1v) is 12.0. The molecule has 8 nitrogen and oxygen atoms in total. The van der Waals surface area contributed by atoms with Crippen LogP contribution in [0.4, 0.5) is 17.1 Å². The molecule has 1 heterocycles. The summed E-state index contributed by atoms with van der Waals surface area (Å²) in [5, 5.41) is 5.50. The molecule has 0 aromatic heterocycles. The summed E-state index contributed by atoms with van der Waals surface area (Å²) in [6.07, 6.45) is 0.701. The van der Waals surface area contributed by atoms with Crippen LogP contribution in [0.3, 0.4) is 0 Å². The zero-order valence-corrected chi connectivity index (χ0v) is 21.1. The second-order valence-electron chi connectivity index (χ2n) is 7.96. The molecule has 0 spiro atoms. The van der Waals surface area contributed by atoms with Crippen molar-refractivity contribution >= 4 is 64.0 Å². The second-order valence-corrected chi connectivity index (χ2v) is 8.75. The minimum atomic E-state index is -0.714. The molecule has 3 aromatic rings. The number of esters is 1. The molecule has 10 heteroatoms. The van der Waals surface area contributed by atoms with Crippen molar-refractivity contribution in [3.05, 3.63) is 99.7 Å². The SMILES string of the molecule is CCCOC(=O)c1cccc(NC(=O)c2cccc(NC3=C(Cl)C(=O)N(c4ccccc4Cl)C3=O)c2)c1. The number of ether oxygens (including phenoxy) is 1. The van der Waals surface area contributed by atoms with E-state index in [2.05, 4.69) is 10.6 Å². The summed E-state index contributed by atoms with van der Waals surface area (Å²) in [6.45, 7) is 2.20. The molecule has 0 saturated carbocycles. The molecular formula is C27H21Cl2N3O5. The van der Waals surface area contributed by atoms with Crippen molar-refractivity contribution in [2.45, 2.75) is 13.3 Å². The van der Waals surface area contributed by atoms with Gasteiger partial charge in [-0.05, 0) is 55.0 Å². The van der Waals surface area contributed by atoms with Crippen molar-refractivity contribution in [1.29, 1.82) is 0 Å². The smallest absolute Gasteiger partial charge is 0.338 e. The van der Waals surface area contributed by atoms with Gasteiger partial charge in [0.05, 0.1) is 22.9 Å². The molecule has 0 bridgehead atoms. The highest BCUT2D eigenvalue weighted by molar-refractivity contribution is 6.53. The fraction of sp³-hybridized carbons (Fsp3) is 0.111. The Balaban J connectivity index is 1.50. The van der Waals surface area contributed by atoms with Crippen LogP contribution in [0.1, 0.15) is 34.1 Å². The van der Waals surface area contributed by atoms with Gasteiger partial charge < -0.3 is 15.4 Å². The number of anilines is 3. The van der Waals surface area contributed by atoms with Gasteiger partial charge in [-0.1, -0.05) is 54.4 Å². The summed E-state index contributed by atoms with van der Waals surface area (Å²) in [5.41, 5.74) is 1.42. The van der Waals surface area contributed by atoms with Crippen LogP contribution in [0.5, 0.6) is 0 Å². The Morgan fingerprint density at radius 3 is 2.27 bits per heavy atom. The lowest BCUT2D eigenvalue weighted by Crippen LogP contribution is -2.32. The van der Waals surface area contributed by atoms with Crippen LogP contribution in [0, 0.1) is 0 Å². The number of carbonyl (C=O) groups excluding carboxylic acids is 4. The van der Waals surface area contributed by atoms with E-state index in [9.17, 15) is 19.2 Å². The maximum absolute atomic E-state index is 13.0. The Kier molecular flexibility index (Phi) is 7.91. The molecule has 4 rings (SSSR count). The third-order valence-electron chi connectivity index (χ3n) is 5.31. The minimum Gasteiger partial charge on any atom is -0.462 e. The Morgan fingerprint density at radius 2 is 1.54 bits per heavy atom. The van der Waals surface area contributed by atoms with Crippen molar-refractivity contribution in [3.63, 3.8) is 0 Å². The molecule has 188 valence electrons. The van der Waals surface area contributed by atoms with Gasteiger partial charge in [-0.15, -0.1) is 0 Å². The zero-order chi connectivity index (χ0) is 26.5. The van der Waals surface area contributed by atoms with Crippen molar-refractivity contribution in [1.82, 2.24) is 0 Å². The standard InChI is InChI=1S/C27H21Cl2N3O5/c1-2-13-37-27(36)17-8-6-10-19(15-17)31-24(33)16-7-5-9-18(14-16)30-23-22(29)25(34)32(26(23)35)21-12-4-3-11-20(21)28/h3-12,14-15,30H,2,13H2,1H3,(H,31,33). The molecule has 1 aliphatic rings. The third-order valence-corrected chi connectivity index (χ3v) is 5.98. The average Bonchev–Trinajstić information content (AvgIpc) is 3.11. The van der Waals surface area contributed by atoms with Crippen LogP contribution in [0.25, 0.3) is 0 Å². The predicted molar refractivity (Wildman–Crippen MR) is 142 cm³/mol. The maximum Gasteiger partial charge on any atom is 0.338 e. The van der Waals surface area contributed by atoms with Gasteiger partial charge in [0.25, 0.3) is 17.7 Å². The number of para-hydroxylation sites is 1. The number of imide groups is 1. The van der Waals surface area contributed by atoms with Gasteiger partial charge in [0.2, 0.25) is 0 Å². The molecule has 0 fully saturated rings. The number of amides is 3. The molecule has 3 amide bonds. The Labute approximate surface area is 222 Å². The molecule has 0 radical (unpaired) electrons. The van der Waals surface area contributed by atoms with Crippen LogP contribution >= 0.6 is 23.2 Å². The van der Waals surface area contributed by atoms with Crippen molar-refractivity contribution in [2.24, 2.45) is 0 Å². The molecule has 2 N–H and O–H groups in total. The Morgan fingerprint density at radius 1 is 0.865 bits per heavy atom. The number of rotatable bonds is 8. The zero-order valence-electron chi connectivity index (χ0n) is 19.6. The summed E-state index contributed by atoms with van der Waals surface area (Å²) in [7, 11) is 0. The number of hydrogen-bond acceptors (Lipinski definition) is 6. The van der Waals surface area contributed by atoms with Gasteiger partial charge in [-0.25, -0.2) is 9.69 Å². The average molecular weight is 538 g/mol. The summed E-state index contributed by atoms with van der Waals surface area (Å²) >= 11 is 12.4. The predicted octanol–water partition coefficient (Wildman–Crippen LogP) is 5.59. The number of hydrogen-bond donors (Lipinski definition) is 2. The van der Waals surface area contributed by atoms with E-state index < -0.39 is 23.7 Å². The van der Waals surface area contributed by atoms with Crippen molar-refractivity contribution < 1.29 is 23.9 Å². The fourth-order valence-corrected chi connectivity index (χ4v) is 3.98. The van der Waals surface area contributed by atoms with E-state index in [4.69, 9.17) is 27.9 Å². The van der Waals surface area contributed by atoms with E-state index in [0.717, 1.165) is 4.90 Å². The Hall–Kier alpha value is -4.14. The van der Waals surface area contributed by atoms with Crippen LogP contribution < -0.4 is 15.5 Å². The molecule has 0 aliphatic carbocycles. The lowest BCUT2D eigenvalue weighted by Gasteiger charge is -2.16. The lowest BCUT2D eigenvalue weighted by atomic mass is 10.1. The second kappa shape index (κ2) is 11.3. The summed E-state index contributed by atoms with van der Waals surface area (Å²) in [6, 6.07) is 19.1. The molecule has 3 aromatic carbocycles. The van der Waals surface area contributed by atoms with E-state index in [1.54, 1.807) is 54.6 Å². The van der Waals surface area contributed by atoms with Crippen LogP contribution in [-0.4, -0.2) is 30.3 Å². The number of nitrogens with zero attached hydrogens (tertiary/aromatic N) is 1. The van der Waals surface area contributed by atoms with E-state index in [0.29, 0.717) is 30.0 Å². The van der Waals surface area contributed by atoms with Gasteiger partial charge in [0, 0.05) is 16.9 Å². The monoisotopic (exact) mass is 537 g/mol. The third kappa shape index (κ3) is 5.66. The Bertz CT molecular complexity index is 1440. The normalized spacial score (nSPS) is 13.1. The lowest BCUT2D eigenvalue weighted by molar-refractivity contribution is -0.120. The number of benzene rings is 3. The number of carbonyl (C=O) groups is 4. The largest absolute Gasteiger partial charge is 0.462 e. The molecule has 1 aliphatic heterocycles. The topological polar surface area (TPSA) is 105 Å². The van der Waals surface area contributed by atoms with Crippen LogP contribution in [-0.2, 0) is 14.3 Å². The highest BCUT2D eigenvalue weighted by Crippen LogP contribution is 2.34. The van der Waals surface area contributed by atoms with E-state index in [1.165, 1.54) is 18.2 Å². The van der Waals surface area contributed by atoms with E-state index in [1.807, 2.05) is 6.92 Å². The molecule has 0 unspecified atom stereocenters. The number of nitrogens with one attached hydrogen (secondary N) is 2. The van der Waals surface area contributed by atoms with Gasteiger partial charge in [-0.2, -0.15) is 0 Å². The first-order valence-electron chi connectivity index (χ1n) is 11.3.